The van der Waals surface area contributed by atoms with Gasteiger partial charge in [0, 0.05) is 12.6 Å². The summed E-state index contributed by atoms with van der Waals surface area (Å²) in [5.41, 5.74) is 4.17. The molecular weight excluding hydrogens is 250 g/mol. The number of aryl methyl sites for hydroxylation is 1. The Morgan fingerprint density at radius 3 is 2.53 bits per heavy atom. The van der Waals surface area contributed by atoms with Crippen LogP contribution in [0.2, 0.25) is 0 Å². The molecule has 0 amide bonds. The van der Waals surface area contributed by atoms with E-state index < -0.39 is 11.6 Å². The largest absolute Gasteiger partial charge is 0.363 e. The number of aromatic nitrogens is 1. The third-order valence-electron chi connectivity index (χ3n) is 2.77. The van der Waals surface area contributed by atoms with Crippen molar-refractivity contribution in [3.8, 4) is 0 Å². The third kappa shape index (κ3) is 2.97. The summed E-state index contributed by atoms with van der Waals surface area (Å²) in [4.78, 5) is 3.74. The van der Waals surface area contributed by atoms with Crippen LogP contribution in [-0.4, -0.2) is 4.98 Å². The zero-order chi connectivity index (χ0) is 13.8. The van der Waals surface area contributed by atoms with Crippen LogP contribution in [0.4, 0.5) is 20.4 Å². The zero-order valence-electron chi connectivity index (χ0n) is 10.4. The monoisotopic (exact) mass is 264 g/mol. The number of nitrogen functional groups attached to an aromatic ring is 1. The summed E-state index contributed by atoms with van der Waals surface area (Å²) in [5, 5.41) is 2.82. The van der Waals surface area contributed by atoms with E-state index in [2.05, 4.69) is 15.7 Å². The molecule has 0 radical (unpaired) electrons. The number of halogens is 2. The number of anilines is 2. The summed E-state index contributed by atoms with van der Waals surface area (Å²) in [6, 6.07) is 8.43. The summed E-state index contributed by atoms with van der Waals surface area (Å²) in [6.07, 6.45) is 0. The fourth-order valence-corrected chi connectivity index (χ4v) is 1.68. The lowest BCUT2D eigenvalue weighted by Crippen LogP contribution is -2.13. The summed E-state index contributed by atoms with van der Waals surface area (Å²) < 4.78 is 26.7. The first-order chi connectivity index (χ1) is 9.11. The van der Waals surface area contributed by atoms with Crippen LogP contribution in [0.5, 0.6) is 0 Å². The zero-order valence-corrected chi connectivity index (χ0v) is 10.4. The number of nitrogens with two attached hydrogens (primary N) is 1. The van der Waals surface area contributed by atoms with Gasteiger partial charge in [0.15, 0.2) is 23.3 Å². The molecule has 19 heavy (non-hydrogen) atoms. The number of pyridine rings is 1. The van der Waals surface area contributed by atoms with Gasteiger partial charge in [-0.2, -0.15) is 0 Å². The smallest absolute Gasteiger partial charge is 0.178 e. The minimum absolute atomic E-state index is 0.0439. The topological polar surface area (TPSA) is 63.0 Å². The predicted molar refractivity (Wildman–Crippen MR) is 70.5 cm³/mol. The molecule has 0 fully saturated rings. The first-order valence-electron chi connectivity index (χ1n) is 5.73. The van der Waals surface area contributed by atoms with Crippen LogP contribution in [0.25, 0.3) is 0 Å². The van der Waals surface area contributed by atoms with Crippen molar-refractivity contribution in [3.05, 3.63) is 53.1 Å². The lowest BCUT2D eigenvalue weighted by Gasteiger charge is -2.10. The van der Waals surface area contributed by atoms with E-state index in [4.69, 9.17) is 5.84 Å². The van der Waals surface area contributed by atoms with Crippen LogP contribution in [0.15, 0.2) is 30.3 Å². The Morgan fingerprint density at radius 2 is 1.84 bits per heavy atom. The number of hydrogen-bond acceptors (Lipinski definition) is 4. The van der Waals surface area contributed by atoms with Crippen molar-refractivity contribution >= 4 is 11.6 Å². The Labute approximate surface area is 109 Å². The van der Waals surface area contributed by atoms with Gasteiger partial charge >= 0.3 is 0 Å². The number of hydrogen-bond donors (Lipinski definition) is 3. The van der Waals surface area contributed by atoms with Crippen molar-refractivity contribution in [2.45, 2.75) is 13.5 Å². The van der Waals surface area contributed by atoms with Crippen LogP contribution in [0, 0.1) is 18.6 Å². The number of benzene rings is 1. The Kier molecular flexibility index (Phi) is 3.91. The molecule has 0 spiro atoms. The average Bonchev–Trinajstić information content (AvgIpc) is 2.39. The average molecular weight is 264 g/mol. The Bertz CT molecular complexity index is 587. The van der Waals surface area contributed by atoms with Crippen molar-refractivity contribution in [1.82, 2.24) is 4.98 Å². The highest BCUT2D eigenvalue weighted by Crippen LogP contribution is 2.19. The van der Waals surface area contributed by atoms with Crippen LogP contribution in [0.1, 0.15) is 11.1 Å². The van der Waals surface area contributed by atoms with Gasteiger partial charge in [-0.25, -0.2) is 19.6 Å². The van der Waals surface area contributed by atoms with Crippen molar-refractivity contribution in [2.75, 3.05) is 10.7 Å². The highest BCUT2D eigenvalue weighted by molar-refractivity contribution is 5.47. The number of hydrazine groups is 1. The molecule has 0 bridgehead atoms. The molecule has 0 saturated carbocycles. The lowest BCUT2D eigenvalue weighted by atomic mass is 10.1. The molecule has 1 heterocycles. The van der Waals surface area contributed by atoms with Gasteiger partial charge < -0.3 is 10.7 Å². The van der Waals surface area contributed by atoms with E-state index in [1.54, 1.807) is 0 Å². The number of nitrogens with zero attached hydrogens (tertiary/aromatic N) is 1. The Morgan fingerprint density at radius 1 is 1.16 bits per heavy atom. The first-order valence-corrected chi connectivity index (χ1v) is 5.73. The van der Waals surface area contributed by atoms with Crippen molar-refractivity contribution in [3.63, 3.8) is 0 Å². The number of rotatable bonds is 4. The van der Waals surface area contributed by atoms with Gasteiger partial charge in [-0.3, -0.25) is 0 Å². The molecule has 0 saturated heterocycles. The van der Waals surface area contributed by atoms with Crippen LogP contribution >= 0.6 is 0 Å². The minimum atomic E-state index is -0.832. The highest BCUT2D eigenvalue weighted by Gasteiger charge is 2.11. The SMILES string of the molecule is Cc1ccccc1CNc1nc(NN)c(F)cc1F. The summed E-state index contributed by atoms with van der Waals surface area (Å²) in [5.74, 6) is 3.26. The fraction of sp³-hybridized carbons (Fsp3) is 0.154. The van der Waals surface area contributed by atoms with E-state index in [1.165, 1.54) is 0 Å². The van der Waals surface area contributed by atoms with Gasteiger partial charge in [0.25, 0.3) is 0 Å². The molecule has 100 valence electrons. The van der Waals surface area contributed by atoms with E-state index in [9.17, 15) is 8.78 Å². The maximum Gasteiger partial charge on any atom is 0.178 e. The van der Waals surface area contributed by atoms with E-state index >= 15 is 0 Å². The van der Waals surface area contributed by atoms with Crippen molar-refractivity contribution in [1.29, 1.82) is 0 Å². The molecule has 6 heteroatoms. The Hall–Kier alpha value is -2.21. The van der Waals surface area contributed by atoms with Gasteiger partial charge in [0.2, 0.25) is 0 Å². The molecule has 0 aliphatic carbocycles. The first kappa shape index (κ1) is 13.2. The number of nitrogens with one attached hydrogen (secondary N) is 2. The minimum Gasteiger partial charge on any atom is -0.363 e. The standard InChI is InChI=1S/C13H14F2N4/c1-8-4-2-3-5-9(8)7-17-12-10(14)6-11(15)13(18-12)19-16/h2-6H,7,16H2,1H3,(H2,17,18,19). The maximum atomic E-state index is 13.5. The van der Waals surface area contributed by atoms with E-state index in [-0.39, 0.29) is 11.6 Å². The summed E-state index contributed by atoms with van der Waals surface area (Å²) in [7, 11) is 0. The van der Waals surface area contributed by atoms with E-state index in [0.717, 1.165) is 17.2 Å². The lowest BCUT2D eigenvalue weighted by molar-refractivity contribution is 0.578. The quantitative estimate of drug-likeness (QED) is 0.586. The van der Waals surface area contributed by atoms with Gasteiger partial charge in [0.1, 0.15) is 0 Å². The fourth-order valence-electron chi connectivity index (χ4n) is 1.68. The van der Waals surface area contributed by atoms with Gasteiger partial charge in [0.05, 0.1) is 0 Å². The molecule has 4 nitrogen and oxygen atoms in total. The van der Waals surface area contributed by atoms with Crippen LogP contribution < -0.4 is 16.6 Å². The molecular formula is C13H14F2N4. The van der Waals surface area contributed by atoms with Gasteiger partial charge in [-0.05, 0) is 18.1 Å². The molecule has 1 aromatic carbocycles. The molecule has 0 aliphatic rings. The van der Waals surface area contributed by atoms with Crippen LogP contribution in [-0.2, 0) is 6.54 Å². The van der Waals surface area contributed by atoms with Crippen LogP contribution in [0.3, 0.4) is 0 Å². The second-order valence-corrected chi connectivity index (χ2v) is 4.07. The molecule has 0 aliphatic heterocycles. The molecule has 2 rings (SSSR count). The normalized spacial score (nSPS) is 10.3. The van der Waals surface area contributed by atoms with Crippen molar-refractivity contribution < 1.29 is 8.78 Å². The predicted octanol–water partition coefficient (Wildman–Crippen LogP) is 2.57. The van der Waals surface area contributed by atoms with Gasteiger partial charge in [-0.1, -0.05) is 24.3 Å². The third-order valence-corrected chi connectivity index (χ3v) is 2.77. The molecule has 0 unspecified atom stereocenters. The van der Waals surface area contributed by atoms with Gasteiger partial charge in [-0.15, -0.1) is 0 Å². The molecule has 1 aromatic heterocycles. The summed E-state index contributed by atoms with van der Waals surface area (Å²) in [6.45, 7) is 2.35. The molecule has 2 aromatic rings. The Balaban J connectivity index is 2.18. The second kappa shape index (κ2) is 5.62. The molecule has 4 N–H and O–H groups in total. The second-order valence-electron chi connectivity index (χ2n) is 4.07. The van der Waals surface area contributed by atoms with Crippen molar-refractivity contribution in [2.24, 2.45) is 5.84 Å². The van der Waals surface area contributed by atoms with E-state index in [1.807, 2.05) is 31.2 Å². The summed E-state index contributed by atoms with van der Waals surface area (Å²) >= 11 is 0. The molecule has 0 atom stereocenters. The highest BCUT2D eigenvalue weighted by atomic mass is 19.1. The maximum absolute atomic E-state index is 13.5. The van der Waals surface area contributed by atoms with E-state index in [0.29, 0.717) is 6.54 Å².